The van der Waals surface area contributed by atoms with E-state index >= 15 is 0 Å². The molecule has 1 heterocycles. The molecule has 0 saturated carbocycles. The zero-order valence-electron chi connectivity index (χ0n) is 12.1. The van der Waals surface area contributed by atoms with Crippen LogP contribution in [0.1, 0.15) is 5.56 Å². The normalized spacial score (nSPS) is 15.4. The summed E-state index contributed by atoms with van der Waals surface area (Å²) in [5.41, 5.74) is 0.844. The van der Waals surface area contributed by atoms with E-state index in [9.17, 15) is 0 Å². The average Bonchev–Trinajstić information content (AvgIpc) is 2.52. The van der Waals surface area contributed by atoms with Gasteiger partial charge in [0, 0.05) is 11.6 Å². The maximum atomic E-state index is 5.36. The van der Waals surface area contributed by atoms with E-state index in [0.29, 0.717) is 30.5 Å². The minimum Gasteiger partial charge on any atom is -0.496 e. The molecule has 6 nitrogen and oxygen atoms in total. The second-order valence-corrected chi connectivity index (χ2v) is 4.26. The van der Waals surface area contributed by atoms with Crippen LogP contribution >= 0.6 is 0 Å². The van der Waals surface area contributed by atoms with E-state index in [-0.39, 0.29) is 0 Å². The molecule has 0 aromatic heterocycles. The first-order valence-corrected chi connectivity index (χ1v) is 6.45. The van der Waals surface area contributed by atoms with E-state index < -0.39 is 0 Å². The minimum absolute atomic E-state index is 0.632. The van der Waals surface area contributed by atoms with Crippen LogP contribution in [0.4, 0.5) is 0 Å². The Balaban J connectivity index is 2.22. The van der Waals surface area contributed by atoms with Crippen LogP contribution in [0.2, 0.25) is 0 Å². The fraction of sp³-hybridized carbons (Fsp3) is 0.500. The van der Waals surface area contributed by atoms with Gasteiger partial charge in [-0.3, -0.25) is 5.01 Å². The topological polar surface area (TPSA) is 52.5 Å². The summed E-state index contributed by atoms with van der Waals surface area (Å²) < 4.78 is 21.2. The number of hydrogen-bond donors (Lipinski definition) is 0. The number of methoxy groups -OCH3 is 3. The van der Waals surface area contributed by atoms with Gasteiger partial charge in [-0.1, -0.05) is 0 Å². The Hall–Kier alpha value is -1.95. The fourth-order valence-electron chi connectivity index (χ4n) is 1.97. The van der Waals surface area contributed by atoms with Crippen molar-refractivity contribution in [3.05, 3.63) is 17.7 Å². The van der Waals surface area contributed by atoms with E-state index in [0.717, 1.165) is 18.7 Å². The second kappa shape index (κ2) is 7.00. The molecule has 0 atom stereocenters. The van der Waals surface area contributed by atoms with Gasteiger partial charge in [0.2, 0.25) is 0 Å². The third-order valence-electron chi connectivity index (χ3n) is 3.08. The van der Waals surface area contributed by atoms with Gasteiger partial charge in [-0.05, 0) is 6.07 Å². The van der Waals surface area contributed by atoms with E-state index in [1.165, 1.54) is 0 Å². The highest BCUT2D eigenvalue weighted by Gasteiger charge is 2.11. The molecule has 20 heavy (non-hydrogen) atoms. The Morgan fingerprint density at radius 3 is 2.20 bits per heavy atom. The SMILES string of the molecule is COc1cc(OC)c(OC)cc1/C=N\N1CCOCC1. The van der Waals surface area contributed by atoms with Crippen molar-refractivity contribution in [1.29, 1.82) is 0 Å². The van der Waals surface area contributed by atoms with Gasteiger partial charge in [-0.25, -0.2) is 0 Å². The van der Waals surface area contributed by atoms with Gasteiger partial charge in [0.05, 0.1) is 53.8 Å². The summed E-state index contributed by atoms with van der Waals surface area (Å²) in [4.78, 5) is 0. The molecule has 0 bridgehead atoms. The standard InChI is InChI=1S/C14H20N2O4/c1-17-12-9-14(19-3)13(18-2)8-11(12)10-15-16-4-6-20-7-5-16/h8-10H,4-7H2,1-3H3/b15-10-. The molecule has 0 amide bonds. The lowest BCUT2D eigenvalue weighted by Gasteiger charge is -2.23. The largest absolute Gasteiger partial charge is 0.496 e. The molecule has 0 spiro atoms. The van der Waals surface area contributed by atoms with Crippen LogP contribution in [0, 0.1) is 0 Å². The molecule has 1 fully saturated rings. The maximum absolute atomic E-state index is 5.36. The summed E-state index contributed by atoms with van der Waals surface area (Å²) in [6.45, 7) is 3.01. The van der Waals surface area contributed by atoms with Crippen LogP contribution in [0.25, 0.3) is 0 Å². The first-order valence-electron chi connectivity index (χ1n) is 6.45. The van der Waals surface area contributed by atoms with Crippen molar-refractivity contribution in [3.63, 3.8) is 0 Å². The van der Waals surface area contributed by atoms with E-state index in [1.807, 2.05) is 11.1 Å². The fourth-order valence-corrected chi connectivity index (χ4v) is 1.97. The molecule has 2 rings (SSSR count). The molecule has 0 unspecified atom stereocenters. The van der Waals surface area contributed by atoms with Gasteiger partial charge in [0.25, 0.3) is 0 Å². The summed E-state index contributed by atoms with van der Waals surface area (Å²) in [7, 11) is 4.82. The summed E-state index contributed by atoms with van der Waals surface area (Å²) in [6.07, 6.45) is 1.77. The molecule has 1 aliphatic rings. The van der Waals surface area contributed by atoms with Gasteiger partial charge in [-0.2, -0.15) is 5.10 Å². The lowest BCUT2D eigenvalue weighted by atomic mass is 10.2. The zero-order chi connectivity index (χ0) is 14.4. The van der Waals surface area contributed by atoms with Gasteiger partial charge in [0.1, 0.15) is 5.75 Å². The molecule has 0 N–H and O–H groups in total. The second-order valence-electron chi connectivity index (χ2n) is 4.26. The van der Waals surface area contributed by atoms with Gasteiger partial charge in [0.15, 0.2) is 11.5 Å². The number of rotatable bonds is 5. The van der Waals surface area contributed by atoms with E-state index in [2.05, 4.69) is 5.10 Å². The van der Waals surface area contributed by atoms with Crippen molar-refractivity contribution >= 4 is 6.21 Å². The van der Waals surface area contributed by atoms with Crippen molar-refractivity contribution in [3.8, 4) is 17.2 Å². The van der Waals surface area contributed by atoms with Crippen LogP contribution in [-0.4, -0.2) is 58.9 Å². The van der Waals surface area contributed by atoms with Crippen LogP contribution in [0.3, 0.4) is 0 Å². The average molecular weight is 280 g/mol. The van der Waals surface area contributed by atoms with Gasteiger partial charge in [-0.15, -0.1) is 0 Å². The Bertz CT molecular complexity index is 470. The predicted molar refractivity (Wildman–Crippen MR) is 76.1 cm³/mol. The Kier molecular flexibility index (Phi) is 5.06. The molecule has 0 radical (unpaired) electrons. The first-order chi connectivity index (χ1) is 9.78. The Morgan fingerprint density at radius 1 is 1.00 bits per heavy atom. The molecule has 110 valence electrons. The first kappa shape index (κ1) is 14.5. The summed E-state index contributed by atoms with van der Waals surface area (Å²) in [5, 5.41) is 6.42. The number of nitrogens with zero attached hydrogens (tertiary/aromatic N) is 2. The lowest BCUT2D eigenvalue weighted by molar-refractivity contribution is 0.0397. The third kappa shape index (κ3) is 3.33. The monoisotopic (exact) mass is 280 g/mol. The molecule has 1 aromatic carbocycles. The highest BCUT2D eigenvalue weighted by atomic mass is 16.5. The van der Waals surface area contributed by atoms with Crippen molar-refractivity contribution in [2.45, 2.75) is 0 Å². The Morgan fingerprint density at radius 2 is 1.60 bits per heavy atom. The maximum Gasteiger partial charge on any atom is 0.164 e. The van der Waals surface area contributed by atoms with Crippen LogP contribution in [-0.2, 0) is 4.74 Å². The third-order valence-corrected chi connectivity index (χ3v) is 3.08. The summed E-state index contributed by atoms with van der Waals surface area (Å²) in [5.74, 6) is 1.98. The van der Waals surface area contributed by atoms with E-state index in [4.69, 9.17) is 18.9 Å². The highest BCUT2D eigenvalue weighted by Crippen LogP contribution is 2.33. The van der Waals surface area contributed by atoms with Crippen molar-refractivity contribution in [1.82, 2.24) is 5.01 Å². The highest BCUT2D eigenvalue weighted by molar-refractivity contribution is 5.85. The van der Waals surface area contributed by atoms with Crippen molar-refractivity contribution in [2.75, 3.05) is 47.6 Å². The quantitative estimate of drug-likeness (QED) is 0.763. The van der Waals surface area contributed by atoms with E-state index in [1.54, 1.807) is 33.6 Å². The number of morpholine rings is 1. The van der Waals surface area contributed by atoms with Crippen molar-refractivity contribution < 1.29 is 18.9 Å². The van der Waals surface area contributed by atoms with Gasteiger partial charge >= 0.3 is 0 Å². The smallest absolute Gasteiger partial charge is 0.164 e. The lowest BCUT2D eigenvalue weighted by Crippen LogP contribution is -2.32. The summed E-state index contributed by atoms with van der Waals surface area (Å²) in [6, 6.07) is 3.64. The summed E-state index contributed by atoms with van der Waals surface area (Å²) >= 11 is 0. The van der Waals surface area contributed by atoms with Crippen LogP contribution in [0.15, 0.2) is 17.2 Å². The number of hydrogen-bond acceptors (Lipinski definition) is 6. The number of hydrazone groups is 1. The van der Waals surface area contributed by atoms with Crippen molar-refractivity contribution in [2.24, 2.45) is 5.10 Å². The Labute approximate surface area is 118 Å². The van der Waals surface area contributed by atoms with Crippen LogP contribution < -0.4 is 14.2 Å². The molecule has 6 heteroatoms. The molecule has 0 aliphatic carbocycles. The molecular weight excluding hydrogens is 260 g/mol. The molecule has 1 aliphatic heterocycles. The zero-order valence-corrected chi connectivity index (χ0v) is 12.1. The predicted octanol–water partition coefficient (Wildman–Crippen LogP) is 1.38. The molecule has 1 saturated heterocycles. The molecule has 1 aromatic rings. The van der Waals surface area contributed by atoms with Gasteiger partial charge < -0.3 is 18.9 Å². The minimum atomic E-state index is 0.632. The number of ether oxygens (including phenoxy) is 4. The number of benzene rings is 1. The molecular formula is C14H20N2O4. The van der Waals surface area contributed by atoms with Crippen LogP contribution in [0.5, 0.6) is 17.2 Å².